The summed E-state index contributed by atoms with van der Waals surface area (Å²) < 4.78 is 2.35. The van der Waals surface area contributed by atoms with Gasteiger partial charge in [-0.3, -0.25) is 9.97 Å². The molecule has 0 amide bonds. The Labute approximate surface area is 316 Å². The van der Waals surface area contributed by atoms with Crippen molar-refractivity contribution in [3.05, 3.63) is 182 Å². The summed E-state index contributed by atoms with van der Waals surface area (Å²) in [5.41, 5.74) is 9.89. The molecule has 0 radical (unpaired) electrons. The third kappa shape index (κ3) is 5.07. The molecule has 6 heteroatoms. The fraction of sp³-hybridized carbons (Fsp3) is 0. The summed E-state index contributed by atoms with van der Waals surface area (Å²) in [6.45, 7) is 0. The van der Waals surface area contributed by atoms with Gasteiger partial charge in [-0.25, -0.2) is 15.0 Å². The van der Waals surface area contributed by atoms with E-state index in [4.69, 9.17) is 24.9 Å². The average molecular weight is 703 g/mol. The fourth-order valence-corrected chi connectivity index (χ4v) is 8.02. The summed E-state index contributed by atoms with van der Waals surface area (Å²) in [4.78, 5) is 25.2. The van der Waals surface area contributed by atoms with Crippen molar-refractivity contribution in [1.82, 2.24) is 29.5 Å². The molecule has 256 valence electrons. The second-order valence-electron chi connectivity index (χ2n) is 13.7. The molecule has 3 heterocycles. The number of rotatable bonds is 5. The molecular weight excluding hydrogens is 673 g/mol. The van der Waals surface area contributed by atoms with Crippen LogP contribution in [0.3, 0.4) is 0 Å². The third-order valence-corrected chi connectivity index (χ3v) is 10.5. The Kier molecular flexibility index (Phi) is 7.07. The highest BCUT2D eigenvalue weighted by Crippen LogP contribution is 2.41. The van der Waals surface area contributed by atoms with Gasteiger partial charge in [-0.05, 0) is 58.3 Å². The summed E-state index contributed by atoms with van der Waals surface area (Å²) >= 11 is 0. The van der Waals surface area contributed by atoms with E-state index in [1.807, 2.05) is 36.4 Å². The Hall–Kier alpha value is -7.57. The van der Waals surface area contributed by atoms with E-state index in [0.29, 0.717) is 17.5 Å². The van der Waals surface area contributed by atoms with E-state index in [1.54, 1.807) is 12.4 Å². The number of aromatic nitrogens is 6. The van der Waals surface area contributed by atoms with Gasteiger partial charge in [0.05, 0.1) is 27.8 Å². The van der Waals surface area contributed by atoms with Crippen molar-refractivity contribution in [1.29, 1.82) is 0 Å². The Bertz CT molecular complexity index is 3260. The van der Waals surface area contributed by atoms with Gasteiger partial charge >= 0.3 is 0 Å². The zero-order valence-corrected chi connectivity index (χ0v) is 29.5. The van der Waals surface area contributed by atoms with Crippen molar-refractivity contribution in [2.45, 2.75) is 0 Å². The highest BCUT2D eigenvalue weighted by molar-refractivity contribution is 6.27. The summed E-state index contributed by atoms with van der Waals surface area (Å²) in [7, 11) is 0. The summed E-state index contributed by atoms with van der Waals surface area (Å²) in [5.74, 6) is 1.82. The first-order valence-corrected chi connectivity index (χ1v) is 18.3. The predicted molar refractivity (Wildman–Crippen MR) is 224 cm³/mol. The van der Waals surface area contributed by atoms with E-state index >= 15 is 0 Å². The van der Waals surface area contributed by atoms with Crippen molar-refractivity contribution >= 4 is 54.4 Å². The predicted octanol–water partition coefficient (Wildman–Crippen LogP) is 11.9. The molecule has 11 aromatic rings. The summed E-state index contributed by atoms with van der Waals surface area (Å²) in [6, 6.07) is 59.1. The molecule has 55 heavy (non-hydrogen) atoms. The average Bonchev–Trinajstić information content (AvgIpc) is 3.59. The molecule has 0 spiro atoms. The number of hydrogen-bond donors (Lipinski definition) is 0. The minimum atomic E-state index is 0.596. The summed E-state index contributed by atoms with van der Waals surface area (Å²) in [6.07, 6.45) is 3.56. The number of benzene rings is 8. The number of nitrogens with zero attached hydrogens (tertiary/aromatic N) is 6. The molecule has 3 aromatic heterocycles. The van der Waals surface area contributed by atoms with Crippen LogP contribution in [-0.4, -0.2) is 29.5 Å². The lowest BCUT2D eigenvalue weighted by atomic mass is 9.97. The van der Waals surface area contributed by atoms with Crippen LogP contribution in [-0.2, 0) is 0 Å². The van der Waals surface area contributed by atoms with Crippen LogP contribution in [0.5, 0.6) is 0 Å². The highest BCUT2D eigenvalue weighted by atomic mass is 15.1. The number of fused-ring (bicyclic) bond motifs is 9. The lowest BCUT2D eigenvalue weighted by molar-refractivity contribution is 1.06. The molecule has 0 aliphatic carbocycles. The normalized spacial score (nSPS) is 11.6. The molecule has 0 N–H and O–H groups in total. The Morgan fingerprint density at radius 2 is 0.909 bits per heavy atom. The lowest BCUT2D eigenvalue weighted by Gasteiger charge is -2.15. The second-order valence-corrected chi connectivity index (χ2v) is 13.7. The van der Waals surface area contributed by atoms with Crippen molar-refractivity contribution in [2.75, 3.05) is 0 Å². The standard InChI is InChI=1S/C49H30N6/c1-3-14-31(15-4-1)33-18-13-19-34(28-33)48-52-47(32-16-5-2-6-17-32)53-49(54-48)38-23-10-12-25-43(38)55-42-24-11-9-21-36(42)40-29-39-35-20-7-8-22-37(35)45-46(51-27-26-50-45)41(39)30-44(40)55/h1-30H. The quantitative estimate of drug-likeness (QED) is 0.167. The van der Waals surface area contributed by atoms with E-state index in [-0.39, 0.29) is 0 Å². The van der Waals surface area contributed by atoms with Gasteiger partial charge in [-0.1, -0.05) is 133 Å². The maximum atomic E-state index is 5.24. The molecule has 0 aliphatic rings. The first kappa shape index (κ1) is 31.0. The molecule has 8 aromatic carbocycles. The lowest BCUT2D eigenvalue weighted by Crippen LogP contribution is -2.03. The van der Waals surface area contributed by atoms with Crippen LogP contribution in [0.25, 0.3) is 105 Å². The molecule has 0 aliphatic heterocycles. The van der Waals surface area contributed by atoms with Crippen LogP contribution in [0.4, 0.5) is 0 Å². The van der Waals surface area contributed by atoms with Crippen LogP contribution in [0.1, 0.15) is 0 Å². The van der Waals surface area contributed by atoms with Gasteiger partial charge in [0.15, 0.2) is 17.5 Å². The third-order valence-electron chi connectivity index (χ3n) is 10.5. The van der Waals surface area contributed by atoms with Gasteiger partial charge in [-0.15, -0.1) is 0 Å². The molecule has 0 saturated carbocycles. The van der Waals surface area contributed by atoms with E-state index in [0.717, 1.165) is 87.9 Å². The molecule has 0 fully saturated rings. The van der Waals surface area contributed by atoms with Crippen molar-refractivity contribution < 1.29 is 0 Å². The van der Waals surface area contributed by atoms with E-state index in [2.05, 4.69) is 138 Å². The molecule has 0 atom stereocenters. The van der Waals surface area contributed by atoms with E-state index in [9.17, 15) is 0 Å². The fourth-order valence-electron chi connectivity index (χ4n) is 8.02. The number of hydrogen-bond acceptors (Lipinski definition) is 5. The van der Waals surface area contributed by atoms with Crippen LogP contribution < -0.4 is 0 Å². The molecule has 0 unspecified atom stereocenters. The maximum Gasteiger partial charge on any atom is 0.166 e. The Morgan fingerprint density at radius 1 is 0.327 bits per heavy atom. The molecule has 0 bridgehead atoms. The van der Waals surface area contributed by atoms with Gasteiger partial charge < -0.3 is 4.57 Å². The first-order chi connectivity index (χ1) is 27.3. The van der Waals surface area contributed by atoms with Crippen molar-refractivity contribution in [2.24, 2.45) is 0 Å². The van der Waals surface area contributed by atoms with Gasteiger partial charge in [0.2, 0.25) is 0 Å². The van der Waals surface area contributed by atoms with Gasteiger partial charge in [-0.2, -0.15) is 0 Å². The Morgan fingerprint density at radius 3 is 1.71 bits per heavy atom. The van der Waals surface area contributed by atoms with Crippen LogP contribution in [0.15, 0.2) is 182 Å². The van der Waals surface area contributed by atoms with Gasteiger partial charge in [0, 0.05) is 50.6 Å². The van der Waals surface area contributed by atoms with Crippen molar-refractivity contribution in [3.63, 3.8) is 0 Å². The first-order valence-electron chi connectivity index (χ1n) is 18.3. The second kappa shape index (κ2) is 12.5. The van der Waals surface area contributed by atoms with Gasteiger partial charge in [0.1, 0.15) is 0 Å². The minimum Gasteiger partial charge on any atom is -0.308 e. The monoisotopic (exact) mass is 702 g/mol. The van der Waals surface area contributed by atoms with Gasteiger partial charge in [0.25, 0.3) is 0 Å². The largest absolute Gasteiger partial charge is 0.308 e. The highest BCUT2D eigenvalue weighted by Gasteiger charge is 2.21. The minimum absolute atomic E-state index is 0.596. The SMILES string of the molecule is c1ccc(-c2cccc(-c3nc(-c4ccccc4)nc(-c4ccccc4-n4c5ccccc5c5cc6c7ccccc7c7nccnc7c6cc54)n3)c2)cc1. The molecular formula is C49H30N6. The maximum absolute atomic E-state index is 5.24. The number of para-hydroxylation sites is 2. The molecule has 6 nitrogen and oxygen atoms in total. The smallest absolute Gasteiger partial charge is 0.166 e. The van der Waals surface area contributed by atoms with E-state index < -0.39 is 0 Å². The van der Waals surface area contributed by atoms with Crippen LogP contribution in [0, 0.1) is 0 Å². The molecule has 0 saturated heterocycles. The van der Waals surface area contributed by atoms with Crippen LogP contribution in [0.2, 0.25) is 0 Å². The topological polar surface area (TPSA) is 69.4 Å². The Balaban J connectivity index is 1.18. The molecule has 11 rings (SSSR count). The zero-order chi connectivity index (χ0) is 36.3. The van der Waals surface area contributed by atoms with E-state index in [1.165, 1.54) is 0 Å². The van der Waals surface area contributed by atoms with Crippen molar-refractivity contribution in [3.8, 4) is 51.0 Å². The summed E-state index contributed by atoms with van der Waals surface area (Å²) in [5, 5.41) is 6.79. The zero-order valence-electron chi connectivity index (χ0n) is 29.5. The van der Waals surface area contributed by atoms with Crippen LogP contribution >= 0.6 is 0 Å².